The summed E-state index contributed by atoms with van der Waals surface area (Å²) in [6.07, 6.45) is 1.95. The number of ketones is 1. The van der Waals surface area contributed by atoms with Gasteiger partial charge in [-0.05, 0) is 53.9 Å². The van der Waals surface area contributed by atoms with E-state index in [0.717, 1.165) is 18.4 Å². The molecule has 1 amide bonds. The molecule has 5 rings (SSSR count). The molecule has 0 spiro atoms. The summed E-state index contributed by atoms with van der Waals surface area (Å²) in [5.41, 5.74) is 2.05. The van der Waals surface area contributed by atoms with Crippen molar-refractivity contribution in [1.29, 1.82) is 0 Å². The van der Waals surface area contributed by atoms with Crippen molar-refractivity contribution in [2.24, 2.45) is 0 Å². The SMILES string of the molecule is CCCCOc1ccc(/C(O)=C2\C(=O)C(=O)N(c3nnc(SCc4ccccc4)s3)C2c2cccc(Cl)c2)cc1. The van der Waals surface area contributed by atoms with E-state index in [9.17, 15) is 14.7 Å². The van der Waals surface area contributed by atoms with Gasteiger partial charge in [0.05, 0.1) is 18.2 Å². The van der Waals surface area contributed by atoms with Gasteiger partial charge in [0.25, 0.3) is 5.78 Å². The topological polar surface area (TPSA) is 92.6 Å². The van der Waals surface area contributed by atoms with Gasteiger partial charge in [0.1, 0.15) is 11.5 Å². The lowest BCUT2D eigenvalue weighted by molar-refractivity contribution is -0.132. The average molecular weight is 592 g/mol. The molecular weight excluding hydrogens is 566 g/mol. The van der Waals surface area contributed by atoms with Crippen molar-refractivity contribution in [2.75, 3.05) is 11.5 Å². The molecule has 1 aliphatic heterocycles. The molecule has 4 aromatic rings. The van der Waals surface area contributed by atoms with Gasteiger partial charge in [-0.25, -0.2) is 0 Å². The zero-order valence-corrected chi connectivity index (χ0v) is 24.0. The highest BCUT2D eigenvalue weighted by Crippen LogP contribution is 2.44. The van der Waals surface area contributed by atoms with Gasteiger partial charge in [-0.15, -0.1) is 10.2 Å². The fraction of sp³-hybridized carbons (Fsp3) is 0.200. The lowest BCUT2D eigenvalue weighted by Gasteiger charge is -2.22. The number of rotatable bonds is 10. The maximum Gasteiger partial charge on any atom is 0.301 e. The van der Waals surface area contributed by atoms with E-state index in [1.807, 2.05) is 30.3 Å². The first-order chi connectivity index (χ1) is 19.5. The molecule has 1 unspecified atom stereocenters. The molecular formula is C30H26ClN3O4S2. The predicted octanol–water partition coefficient (Wildman–Crippen LogP) is 7.29. The van der Waals surface area contributed by atoms with Crippen molar-refractivity contribution < 1.29 is 19.4 Å². The third-order valence-corrected chi connectivity index (χ3v) is 8.67. The van der Waals surface area contributed by atoms with Crippen LogP contribution in [-0.2, 0) is 15.3 Å². The van der Waals surface area contributed by atoms with Crippen LogP contribution in [0.2, 0.25) is 5.02 Å². The van der Waals surface area contributed by atoms with Crippen molar-refractivity contribution in [1.82, 2.24) is 10.2 Å². The van der Waals surface area contributed by atoms with Crippen molar-refractivity contribution >= 4 is 57.3 Å². The van der Waals surface area contributed by atoms with Crippen molar-refractivity contribution in [3.05, 3.63) is 106 Å². The number of carbonyl (C=O) groups is 2. The van der Waals surface area contributed by atoms with Crippen LogP contribution in [0.25, 0.3) is 5.76 Å². The quantitative estimate of drug-likeness (QED) is 0.0517. The molecule has 1 atom stereocenters. The lowest BCUT2D eigenvalue weighted by Crippen LogP contribution is -2.29. The Hall–Kier alpha value is -3.66. The molecule has 1 aliphatic rings. The Kier molecular flexibility index (Phi) is 8.84. The van der Waals surface area contributed by atoms with E-state index >= 15 is 0 Å². The number of hydrogen-bond acceptors (Lipinski definition) is 8. The first-order valence-corrected chi connectivity index (χ1v) is 14.9. The van der Waals surface area contributed by atoms with E-state index in [1.54, 1.807) is 48.5 Å². The molecule has 1 saturated heterocycles. The van der Waals surface area contributed by atoms with Crippen LogP contribution in [0.5, 0.6) is 5.75 Å². The van der Waals surface area contributed by atoms with Gasteiger partial charge in [0.15, 0.2) is 4.34 Å². The third-order valence-electron chi connectivity index (χ3n) is 6.31. The van der Waals surface area contributed by atoms with Gasteiger partial charge in [0.2, 0.25) is 5.13 Å². The number of aliphatic hydroxyl groups is 1. The van der Waals surface area contributed by atoms with Crippen LogP contribution < -0.4 is 9.64 Å². The van der Waals surface area contributed by atoms with Crippen molar-refractivity contribution in [2.45, 2.75) is 35.9 Å². The largest absolute Gasteiger partial charge is 0.507 e. The molecule has 7 nitrogen and oxygen atoms in total. The Balaban J connectivity index is 1.49. The summed E-state index contributed by atoms with van der Waals surface area (Å²) >= 11 is 9.01. The number of thioether (sulfide) groups is 1. The zero-order chi connectivity index (χ0) is 28.1. The van der Waals surface area contributed by atoms with E-state index in [-0.39, 0.29) is 16.5 Å². The van der Waals surface area contributed by atoms with Crippen LogP contribution in [0, 0.1) is 0 Å². The molecule has 204 valence electrons. The van der Waals surface area contributed by atoms with Crippen molar-refractivity contribution in [3.63, 3.8) is 0 Å². The van der Waals surface area contributed by atoms with Crippen LogP contribution >= 0.6 is 34.7 Å². The first-order valence-electron chi connectivity index (χ1n) is 12.8. The van der Waals surface area contributed by atoms with E-state index in [0.29, 0.717) is 38.6 Å². The fourth-order valence-electron chi connectivity index (χ4n) is 4.30. The number of aliphatic hydroxyl groups excluding tert-OH is 1. The number of anilines is 1. The van der Waals surface area contributed by atoms with Gasteiger partial charge in [-0.2, -0.15) is 0 Å². The fourth-order valence-corrected chi connectivity index (χ4v) is 6.32. The van der Waals surface area contributed by atoms with Crippen LogP contribution in [-0.4, -0.2) is 33.6 Å². The Morgan fingerprint density at radius 1 is 1.05 bits per heavy atom. The Bertz CT molecular complexity index is 1540. The summed E-state index contributed by atoms with van der Waals surface area (Å²) in [7, 11) is 0. The minimum atomic E-state index is -0.931. The number of Topliss-reactive ketones (excluding diaryl/α,β-unsaturated/α-hetero) is 1. The number of hydrogen-bond donors (Lipinski definition) is 1. The average Bonchev–Trinajstić information content (AvgIpc) is 3.54. The molecule has 40 heavy (non-hydrogen) atoms. The van der Waals surface area contributed by atoms with Crippen molar-refractivity contribution in [3.8, 4) is 5.75 Å². The second-order valence-electron chi connectivity index (χ2n) is 9.08. The molecule has 1 aromatic heterocycles. The summed E-state index contributed by atoms with van der Waals surface area (Å²) in [6.45, 7) is 2.68. The molecule has 3 aromatic carbocycles. The Morgan fingerprint density at radius 2 is 1.82 bits per heavy atom. The lowest BCUT2D eigenvalue weighted by atomic mass is 9.95. The minimum Gasteiger partial charge on any atom is -0.507 e. The summed E-state index contributed by atoms with van der Waals surface area (Å²) < 4.78 is 6.37. The van der Waals surface area contributed by atoms with Gasteiger partial charge in [0, 0.05) is 16.3 Å². The minimum absolute atomic E-state index is 0.0411. The van der Waals surface area contributed by atoms with Gasteiger partial charge < -0.3 is 9.84 Å². The number of aromatic nitrogens is 2. The standard InChI is InChI=1S/C30H26ClN3O4S2/c1-2-3-16-38-23-14-12-20(13-15-23)26(35)24-25(21-10-7-11-22(31)17-21)34(28(37)27(24)36)29-32-33-30(40-29)39-18-19-8-5-4-6-9-19/h4-15,17,25,35H,2-3,16,18H2,1H3/b26-24+. The molecule has 2 heterocycles. The summed E-state index contributed by atoms with van der Waals surface area (Å²) in [5, 5.41) is 20.6. The number of carbonyl (C=O) groups excluding carboxylic acids is 2. The van der Waals surface area contributed by atoms with Gasteiger partial charge in [-0.1, -0.05) is 90.5 Å². The van der Waals surface area contributed by atoms with E-state index in [2.05, 4.69) is 17.1 Å². The Labute approximate surface area is 245 Å². The van der Waals surface area contributed by atoms with E-state index < -0.39 is 17.7 Å². The van der Waals surface area contributed by atoms with E-state index in [4.69, 9.17) is 16.3 Å². The number of halogens is 1. The number of amides is 1. The molecule has 0 bridgehead atoms. The number of nitrogens with zero attached hydrogens (tertiary/aromatic N) is 3. The number of unbranched alkanes of at least 4 members (excludes halogenated alkanes) is 1. The highest BCUT2D eigenvalue weighted by atomic mass is 35.5. The van der Waals surface area contributed by atoms with Crippen LogP contribution in [0.15, 0.2) is 88.8 Å². The highest BCUT2D eigenvalue weighted by molar-refractivity contribution is 8.00. The molecule has 0 saturated carbocycles. The molecule has 0 radical (unpaired) electrons. The maximum atomic E-state index is 13.4. The van der Waals surface area contributed by atoms with E-state index in [1.165, 1.54) is 28.0 Å². The second kappa shape index (κ2) is 12.7. The van der Waals surface area contributed by atoms with Crippen LogP contribution in [0.4, 0.5) is 5.13 Å². The molecule has 1 fully saturated rings. The second-order valence-corrected chi connectivity index (χ2v) is 11.7. The zero-order valence-electron chi connectivity index (χ0n) is 21.6. The monoisotopic (exact) mass is 591 g/mol. The number of ether oxygens (including phenoxy) is 1. The smallest absolute Gasteiger partial charge is 0.301 e. The Morgan fingerprint density at radius 3 is 2.55 bits per heavy atom. The van der Waals surface area contributed by atoms with Gasteiger partial charge in [-0.3, -0.25) is 14.5 Å². The summed E-state index contributed by atoms with van der Waals surface area (Å²) in [4.78, 5) is 28.1. The highest BCUT2D eigenvalue weighted by Gasteiger charge is 2.48. The molecule has 0 aliphatic carbocycles. The summed E-state index contributed by atoms with van der Waals surface area (Å²) in [6, 6.07) is 22.7. The predicted molar refractivity (Wildman–Crippen MR) is 159 cm³/mol. The maximum absolute atomic E-state index is 13.4. The normalized spacial score (nSPS) is 16.4. The molecule has 10 heteroatoms. The van der Waals surface area contributed by atoms with Gasteiger partial charge >= 0.3 is 5.91 Å². The molecule has 1 N–H and O–H groups in total. The van der Waals surface area contributed by atoms with Crippen LogP contribution in [0.1, 0.15) is 42.5 Å². The third kappa shape index (κ3) is 6.06. The number of benzene rings is 3. The summed E-state index contributed by atoms with van der Waals surface area (Å²) in [5.74, 6) is -0.536. The first kappa shape index (κ1) is 27.9. The van der Waals surface area contributed by atoms with Crippen LogP contribution in [0.3, 0.4) is 0 Å².